The molecule has 0 aliphatic heterocycles. The van der Waals surface area contributed by atoms with Crippen molar-refractivity contribution in [3.8, 4) is 23.0 Å². The monoisotopic (exact) mass is 384 g/mol. The van der Waals surface area contributed by atoms with Crippen molar-refractivity contribution in [2.45, 2.75) is 18.9 Å². The summed E-state index contributed by atoms with van der Waals surface area (Å²) in [7, 11) is 2.81. The number of hydrogen-bond donors (Lipinski definition) is 2. The van der Waals surface area contributed by atoms with Gasteiger partial charge in [-0.3, -0.25) is 4.79 Å². The predicted octanol–water partition coefficient (Wildman–Crippen LogP) is 1.72. The SMILES string of the molecule is COc1ncc(-c2c(F)ccc3c(N)c(C(=O)NC4CC4)nnc23)c(OC)n1. The van der Waals surface area contributed by atoms with Gasteiger partial charge in [0, 0.05) is 17.6 Å². The van der Waals surface area contributed by atoms with Gasteiger partial charge in [0.05, 0.1) is 31.0 Å². The highest BCUT2D eigenvalue weighted by Gasteiger charge is 2.27. The van der Waals surface area contributed by atoms with E-state index in [1.54, 1.807) is 0 Å². The number of hydrogen-bond acceptors (Lipinski definition) is 8. The van der Waals surface area contributed by atoms with E-state index in [1.165, 1.54) is 32.5 Å². The average Bonchev–Trinajstić information content (AvgIpc) is 3.51. The summed E-state index contributed by atoms with van der Waals surface area (Å²) in [6.07, 6.45) is 3.23. The Morgan fingerprint density at radius 3 is 2.71 bits per heavy atom. The van der Waals surface area contributed by atoms with E-state index in [1.807, 2.05) is 0 Å². The highest BCUT2D eigenvalue weighted by Crippen LogP contribution is 2.37. The van der Waals surface area contributed by atoms with Crippen molar-refractivity contribution in [2.75, 3.05) is 20.0 Å². The van der Waals surface area contributed by atoms with E-state index in [2.05, 4.69) is 25.5 Å². The van der Waals surface area contributed by atoms with Crippen LogP contribution in [0.5, 0.6) is 11.9 Å². The molecule has 3 N–H and O–H groups in total. The topological polar surface area (TPSA) is 125 Å². The second kappa shape index (κ2) is 6.87. The Hall–Kier alpha value is -3.56. The number of nitrogens with two attached hydrogens (primary N) is 1. The lowest BCUT2D eigenvalue weighted by molar-refractivity contribution is 0.0946. The predicted molar refractivity (Wildman–Crippen MR) is 98.5 cm³/mol. The fourth-order valence-electron chi connectivity index (χ4n) is 2.85. The van der Waals surface area contributed by atoms with E-state index < -0.39 is 11.7 Å². The smallest absolute Gasteiger partial charge is 0.319 e. The maximum absolute atomic E-state index is 14.7. The molecule has 0 atom stereocenters. The molecule has 10 heteroatoms. The summed E-state index contributed by atoms with van der Waals surface area (Å²) in [5, 5.41) is 11.2. The van der Waals surface area contributed by atoms with E-state index in [-0.39, 0.29) is 46.0 Å². The van der Waals surface area contributed by atoms with Crippen LogP contribution in [0.3, 0.4) is 0 Å². The Kier molecular flexibility index (Phi) is 4.38. The molecule has 9 nitrogen and oxygen atoms in total. The van der Waals surface area contributed by atoms with E-state index in [9.17, 15) is 9.18 Å². The second-order valence-electron chi connectivity index (χ2n) is 6.31. The molecule has 1 fully saturated rings. The quantitative estimate of drug-likeness (QED) is 0.681. The molecular formula is C18H17FN6O3. The third kappa shape index (κ3) is 3.02. The Labute approximate surface area is 159 Å². The lowest BCUT2D eigenvalue weighted by Crippen LogP contribution is -2.27. The Morgan fingerprint density at radius 1 is 1.25 bits per heavy atom. The fraction of sp³-hybridized carbons (Fsp3) is 0.278. The van der Waals surface area contributed by atoms with Crippen LogP contribution in [0.2, 0.25) is 0 Å². The number of aromatic nitrogens is 4. The molecular weight excluding hydrogens is 367 g/mol. The summed E-state index contributed by atoms with van der Waals surface area (Å²) in [4.78, 5) is 20.4. The molecule has 4 rings (SSSR count). The van der Waals surface area contributed by atoms with E-state index in [0.717, 1.165) is 12.8 Å². The first-order valence-corrected chi connectivity index (χ1v) is 8.54. The van der Waals surface area contributed by atoms with E-state index >= 15 is 0 Å². The van der Waals surface area contributed by atoms with Gasteiger partial charge in [0.1, 0.15) is 11.3 Å². The molecule has 144 valence electrons. The van der Waals surface area contributed by atoms with Crippen LogP contribution >= 0.6 is 0 Å². The number of amides is 1. The molecule has 28 heavy (non-hydrogen) atoms. The molecule has 1 aliphatic carbocycles. The zero-order valence-electron chi connectivity index (χ0n) is 15.2. The average molecular weight is 384 g/mol. The molecule has 0 saturated heterocycles. The van der Waals surface area contributed by atoms with Crippen LogP contribution in [0.25, 0.3) is 22.0 Å². The van der Waals surface area contributed by atoms with Gasteiger partial charge in [0.25, 0.3) is 5.91 Å². The number of nitrogens with one attached hydrogen (secondary N) is 1. The normalized spacial score (nSPS) is 13.4. The summed E-state index contributed by atoms with van der Waals surface area (Å²) >= 11 is 0. The minimum Gasteiger partial charge on any atom is -0.480 e. The van der Waals surface area contributed by atoms with Crippen molar-refractivity contribution in [2.24, 2.45) is 0 Å². The standard InChI is InChI=1S/C18H17FN6O3/c1-27-17-10(7-21-18(23-17)28-2)12-11(19)6-5-9-13(20)15(25-24-14(9)12)16(26)22-8-3-4-8/h5-8H,3-4H2,1-2H3,(H2,20,24)(H,22,26). The highest BCUT2D eigenvalue weighted by molar-refractivity contribution is 6.07. The van der Waals surface area contributed by atoms with Crippen LogP contribution in [0.1, 0.15) is 23.3 Å². The second-order valence-corrected chi connectivity index (χ2v) is 6.31. The molecule has 1 saturated carbocycles. The number of methoxy groups -OCH3 is 2. The summed E-state index contributed by atoms with van der Waals surface area (Å²) < 4.78 is 25.0. The largest absolute Gasteiger partial charge is 0.480 e. The molecule has 0 bridgehead atoms. The summed E-state index contributed by atoms with van der Waals surface area (Å²) in [5.74, 6) is -0.872. The van der Waals surface area contributed by atoms with Crippen molar-refractivity contribution in [3.05, 3.63) is 29.8 Å². The minimum absolute atomic E-state index is 0.00917. The zero-order valence-corrected chi connectivity index (χ0v) is 15.2. The molecule has 2 aromatic heterocycles. The number of halogens is 1. The van der Waals surface area contributed by atoms with Gasteiger partial charge >= 0.3 is 6.01 Å². The molecule has 1 amide bonds. The van der Waals surface area contributed by atoms with E-state index in [4.69, 9.17) is 15.2 Å². The van der Waals surface area contributed by atoms with Crippen molar-refractivity contribution in [3.63, 3.8) is 0 Å². The third-order valence-electron chi connectivity index (χ3n) is 4.43. The fourth-order valence-corrected chi connectivity index (χ4v) is 2.85. The number of benzene rings is 1. The van der Waals surface area contributed by atoms with Gasteiger partial charge in [-0.05, 0) is 25.0 Å². The Balaban J connectivity index is 1.89. The van der Waals surface area contributed by atoms with Crippen molar-refractivity contribution >= 4 is 22.5 Å². The van der Waals surface area contributed by atoms with Crippen molar-refractivity contribution in [1.29, 1.82) is 0 Å². The van der Waals surface area contributed by atoms with Gasteiger partial charge in [0.15, 0.2) is 5.69 Å². The Bertz CT molecular complexity index is 1090. The lowest BCUT2D eigenvalue weighted by atomic mass is 10.0. The van der Waals surface area contributed by atoms with Crippen LogP contribution in [0, 0.1) is 5.82 Å². The number of carbonyl (C=O) groups is 1. The van der Waals surface area contributed by atoms with Gasteiger partial charge in [-0.25, -0.2) is 9.37 Å². The van der Waals surface area contributed by atoms with Crippen LogP contribution < -0.4 is 20.5 Å². The molecule has 0 unspecified atom stereocenters. The van der Waals surface area contributed by atoms with Crippen LogP contribution in [0.15, 0.2) is 18.3 Å². The maximum atomic E-state index is 14.7. The maximum Gasteiger partial charge on any atom is 0.319 e. The van der Waals surface area contributed by atoms with Gasteiger partial charge in [-0.15, -0.1) is 10.2 Å². The first-order chi connectivity index (χ1) is 13.5. The zero-order chi connectivity index (χ0) is 19.8. The van der Waals surface area contributed by atoms with Crippen LogP contribution in [0.4, 0.5) is 10.1 Å². The first-order valence-electron chi connectivity index (χ1n) is 8.54. The molecule has 0 spiro atoms. The molecule has 1 aromatic carbocycles. The number of anilines is 1. The number of ether oxygens (including phenoxy) is 2. The molecule has 2 heterocycles. The van der Waals surface area contributed by atoms with E-state index in [0.29, 0.717) is 5.39 Å². The number of rotatable bonds is 5. The minimum atomic E-state index is -0.580. The van der Waals surface area contributed by atoms with Crippen LogP contribution in [-0.2, 0) is 0 Å². The lowest BCUT2D eigenvalue weighted by Gasteiger charge is -2.13. The van der Waals surface area contributed by atoms with Gasteiger partial charge < -0.3 is 20.5 Å². The molecule has 3 aromatic rings. The van der Waals surface area contributed by atoms with Gasteiger partial charge in [0.2, 0.25) is 5.88 Å². The third-order valence-corrected chi connectivity index (χ3v) is 4.43. The summed E-state index contributed by atoms with van der Waals surface area (Å²) in [6, 6.07) is 2.92. The molecule has 1 aliphatic rings. The number of carbonyl (C=O) groups excluding carboxylic acids is 1. The number of nitrogen functional groups attached to an aromatic ring is 1. The summed E-state index contributed by atoms with van der Waals surface area (Å²) in [6.45, 7) is 0. The van der Waals surface area contributed by atoms with Gasteiger partial charge in [-0.2, -0.15) is 4.98 Å². The van der Waals surface area contributed by atoms with Crippen LogP contribution in [-0.4, -0.2) is 46.3 Å². The number of fused-ring (bicyclic) bond motifs is 1. The van der Waals surface area contributed by atoms with Crippen molar-refractivity contribution in [1.82, 2.24) is 25.5 Å². The summed E-state index contributed by atoms with van der Waals surface area (Å²) in [5.41, 5.74) is 6.80. The Morgan fingerprint density at radius 2 is 2.04 bits per heavy atom. The van der Waals surface area contributed by atoms with Gasteiger partial charge in [-0.1, -0.05) is 0 Å². The van der Waals surface area contributed by atoms with Crippen molar-refractivity contribution < 1.29 is 18.7 Å². The molecule has 0 radical (unpaired) electrons. The highest BCUT2D eigenvalue weighted by atomic mass is 19.1. The first kappa shape index (κ1) is 17.8. The number of nitrogens with zero attached hydrogens (tertiary/aromatic N) is 4.